The molecule has 1 fully saturated rings. The van der Waals surface area contributed by atoms with E-state index in [1.54, 1.807) is 6.92 Å². The average Bonchev–Trinajstić information content (AvgIpc) is 3.15. The highest BCUT2D eigenvalue weighted by atomic mass is 32.2. The molecule has 4 nitrogen and oxygen atoms in total. The van der Waals surface area contributed by atoms with Crippen molar-refractivity contribution in [2.45, 2.75) is 78.2 Å². The van der Waals surface area contributed by atoms with Crippen LogP contribution in [0.2, 0.25) is 0 Å². The molecule has 2 rings (SSSR count). The molecule has 0 saturated heterocycles. The summed E-state index contributed by atoms with van der Waals surface area (Å²) >= 11 is 1.20. The van der Waals surface area contributed by atoms with Gasteiger partial charge in [0.05, 0.1) is 0 Å². The molecule has 0 amide bonds. The van der Waals surface area contributed by atoms with Crippen molar-refractivity contribution in [2.75, 3.05) is 5.75 Å². The van der Waals surface area contributed by atoms with Gasteiger partial charge in [-0.1, -0.05) is 45.4 Å². The lowest BCUT2D eigenvalue weighted by molar-refractivity contribution is -0.688. The van der Waals surface area contributed by atoms with Crippen LogP contribution in [0.15, 0.2) is 6.07 Å². The predicted molar refractivity (Wildman–Crippen MR) is 106 cm³/mol. The SMILES string of the molecule is CCSC(=O)C(C)OC(=O)c1c(CC)cc(C2CCCC2)[n+](C)c1CC. The molecule has 1 aliphatic rings. The number of carbonyl (C=O) groups is 2. The number of thioether (sulfide) groups is 1. The van der Waals surface area contributed by atoms with Gasteiger partial charge in [0, 0.05) is 18.4 Å². The summed E-state index contributed by atoms with van der Waals surface area (Å²) in [4.78, 5) is 24.9. The number of esters is 1. The minimum absolute atomic E-state index is 0.0936. The lowest BCUT2D eigenvalue weighted by Gasteiger charge is -2.17. The van der Waals surface area contributed by atoms with E-state index < -0.39 is 6.10 Å². The molecule has 0 spiro atoms. The third-order valence-electron chi connectivity index (χ3n) is 5.32. The molecule has 26 heavy (non-hydrogen) atoms. The monoisotopic (exact) mass is 378 g/mol. The number of rotatable bonds is 7. The van der Waals surface area contributed by atoms with Crippen LogP contribution in [0.25, 0.3) is 0 Å². The van der Waals surface area contributed by atoms with Crippen LogP contribution in [0.1, 0.15) is 86.6 Å². The van der Waals surface area contributed by atoms with E-state index in [1.165, 1.54) is 43.1 Å². The second kappa shape index (κ2) is 9.54. The van der Waals surface area contributed by atoms with E-state index in [2.05, 4.69) is 31.5 Å². The maximum absolute atomic E-state index is 12.9. The number of nitrogens with zero attached hydrogens (tertiary/aromatic N) is 1. The Labute approximate surface area is 161 Å². The molecular weight excluding hydrogens is 346 g/mol. The number of carbonyl (C=O) groups excluding carboxylic acids is 2. The molecule has 1 aromatic heterocycles. The van der Waals surface area contributed by atoms with Gasteiger partial charge in [-0.2, -0.15) is 0 Å². The van der Waals surface area contributed by atoms with E-state index in [0.717, 1.165) is 24.1 Å². The van der Waals surface area contributed by atoms with Crippen LogP contribution < -0.4 is 4.57 Å². The smallest absolute Gasteiger partial charge is 0.345 e. The minimum Gasteiger partial charge on any atom is -0.450 e. The molecule has 1 atom stereocenters. The van der Waals surface area contributed by atoms with Crippen LogP contribution in [0, 0.1) is 0 Å². The van der Waals surface area contributed by atoms with Crippen molar-refractivity contribution in [3.8, 4) is 0 Å². The highest BCUT2D eigenvalue weighted by Crippen LogP contribution is 2.33. The second-order valence-corrected chi connectivity index (χ2v) is 8.23. The predicted octanol–water partition coefficient (Wildman–Crippen LogP) is 4.12. The molecule has 5 heteroatoms. The summed E-state index contributed by atoms with van der Waals surface area (Å²) in [6.45, 7) is 7.73. The van der Waals surface area contributed by atoms with Gasteiger partial charge in [0.2, 0.25) is 5.12 Å². The largest absolute Gasteiger partial charge is 0.450 e. The highest BCUT2D eigenvalue weighted by Gasteiger charge is 2.32. The Morgan fingerprint density at radius 1 is 1.23 bits per heavy atom. The molecule has 0 aromatic carbocycles. The topological polar surface area (TPSA) is 47.3 Å². The number of hydrogen-bond acceptors (Lipinski definition) is 4. The molecule has 144 valence electrons. The first kappa shape index (κ1) is 20.9. The van der Waals surface area contributed by atoms with Crippen LogP contribution in [0.5, 0.6) is 0 Å². The van der Waals surface area contributed by atoms with Crippen molar-refractivity contribution in [2.24, 2.45) is 7.05 Å². The molecule has 0 bridgehead atoms. The van der Waals surface area contributed by atoms with Gasteiger partial charge < -0.3 is 4.74 Å². The molecule has 0 N–H and O–H groups in total. The summed E-state index contributed by atoms with van der Waals surface area (Å²) in [6.07, 6.45) is 5.84. The van der Waals surface area contributed by atoms with E-state index in [4.69, 9.17) is 4.74 Å². The Bertz CT molecular complexity index is 666. The minimum atomic E-state index is -0.721. The van der Waals surface area contributed by atoms with E-state index in [-0.39, 0.29) is 11.1 Å². The van der Waals surface area contributed by atoms with Crippen molar-refractivity contribution in [3.05, 3.63) is 28.6 Å². The third-order valence-corrected chi connectivity index (χ3v) is 6.22. The fourth-order valence-electron chi connectivity index (χ4n) is 3.94. The van der Waals surface area contributed by atoms with Crippen molar-refractivity contribution in [1.82, 2.24) is 0 Å². The van der Waals surface area contributed by atoms with E-state index in [1.807, 2.05) is 6.92 Å². The van der Waals surface area contributed by atoms with Crippen LogP contribution in [0.4, 0.5) is 0 Å². The van der Waals surface area contributed by atoms with Gasteiger partial charge in [-0.05, 0) is 37.5 Å². The van der Waals surface area contributed by atoms with Crippen LogP contribution >= 0.6 is 11.8 Å². The van der Waals surface area contributed by atoms with Gasteiger partial charge in [0.25, 0.3) is 0 Å². The van der Waals surface area contributed by atoms with Gasteiger partial charge in [-0.3, -0.25) is 4.79 Å². The van der Waals surface area contributed by atoms with E-state index in [9.17, 15) is 9.59 Å². The lowest BCUT2D eigenvalue weighted by atomic mass is 9.95. The van der Waals surface area contributed by atoms with E-state index >= 15 is 0 Å². The first-order chi connectivity index (χ1) is 12.4. The quantitative estimate of drug-likeness (QED) is 0.529. The first-order valence-corrected chi connectivity index (χ1v) is 10.8. The van der Waals surface area contributed by atoms with Crippen molar-refractivity contribution in [3.63, 3.8) is 0 Å². The summed E-state index contributed by atoms with van der Waals surface area (Å²) in [5.41, 5.74) is 4.03. The van der Waals surface area contributed by atoms with Gasteiger partial charge in [0.1, 0.15) is 12.6 Å². The normalized spacial score (nSPS) is 15.9. The molecular formula is C21H32NO3S+. The van der Waals surface area contributed by atoms with Crippen molar-refractivity contribution >= 4 is 22.8 Å². The third kappa shape index (κ3) is 4.48. The number of ether oxygens (including phenoxy) is 1. The zero-order valence-electron chi connectivity index (χ0n) is 16.8. The second-order valence-electron chi connectivity index (χ2n) is 6.96. The van der Waals surface area contributed by atoms with Gasteiger partial charge in [-0.25, -0.2) is 9.36 Å². The Morgan fingerprint density at radius 3 is 2.42 bits per heavy atom. The Balaban J connectivity index is 2.39. The maximum Gasteiger partial charge on any atom is 0.345 e. The molecule has 0 aliphatic heterocycles. The van der Waals surface area contributed by atoms with Crippen molar-refractivity contribution < 1.29 is 18.9 Å². The fourth-order valence-corrected chi connectivity index (χ4v) is 4.51. The first-order valence-electron chi connectivity index (χ1n) is 9.86. The summed E-state index contributed by atoms with van der Waals surface area (Å²) < 4.78 is 7.73. The molecule has 1 unspecified atom stereocenters. The Kier molecular flexibility index (Phi) is 7.69. The molecule has 1 saturated carbocycles. The maximum atomic E-state index is 12.9. The summed E-state index contributed by atoms with van der Waals surface area (Å²) in [6, 6.07) is 2.19. The molecule has 1 aliphatic carbocycles. The van der Waals surface area contributed by atoms with Gasteiger partial charge >= 0.3 is 5.97 Å². The number of pyridine rings is 1. The number of aromatic nitrogens is 1. The molecule has 1 heterocycles. The standard InChI is InChI=1S/C21H32NO3S/c1-6-15-13-18(16-11-9-10-12-16)22(5)17(7-2)19(15)20(23)25-14(4)21(24)26-8-3/h13-14,16H,6-12H2,1-5H3/q+1. The summed E-state index contributed by atoms with van der Waals surface area (Å²) in [5.74, 6) is 0.901. The van der Waals surface area contributed by atoms with E-state index in [0.29, 0.717) is 17.2 Å². The Morgan fingerprint density at radius 2 is 1.88 bits per heavy atom. The molecule has 1 aromatic rings. The fraction of sp³-hybridized carbons (Fsp3) is 0.667. The molecule has 0 radical (unpaired) electrons. The average molecular weight is 379 g/mol. The number of aryl methyl sites for hydroxylation is 1. The van der Waals surface area contributed by atoms with Gasteiger partial charge in [-0.15, -0.1) is 0 Å². The lowest BCUT2D eigenvalue weighted by Crippen LogP contribution is -2.42. The zero-order valence-corrected chi connectivity index (χ0v) is 17.6. The van der Waals surface area contributed by atoms with Gasteiger partial charge in [0.15, 0.2) is 17.5 Å². The Hall–Kier alpha value is -1.36. The zero-order chi connectivity index (χ0) is 19.3. The van der Waals surface area contributed by atoms with Crippen LogP contribution in [-0.2, 0) is 29.4 Å². The van der Waals surface area contributed by atoms with Crippen molar-refractivity contribution in [1.29, 1.82) is 0 Å². The number of hydrogen-bond donors (Lipinski definition) is 0. The summed E-state index contributed by atoms with van der Waals surface area (Å²) in [5, 5.41) is -0.0936. The summed E-state index contributed by atoms with van der Waals surface area (Å²) in [7, 11) is 2.06. The highest BCUT2D eigenvalue weighted by molar-refractivity contribution is 8.13. The van der Waals surface area contributed by atoms with Crippen LogP contribution in [-0.4, -0.2) is 22.9 Å². The van der Waals surface area contributed by atoms with Crippen LogP contribution in [0.3, 0.4) is 0 Å².